The summed E-state index contributed by atoms with van der Waals surface area (Å²) >= 11 is 0. The lowest BCUT2D eigenvalue weighted by molar-refractivity contribution is 0.569. The third kappa shape index (κ3) is 1.02. The normalized spacial score (nSPS) is 34.3. The van der Waals surface area contributed by atoms with E-state index in [0.29, 0.717) is 5.92 Å². The quantitative estimate of drug-likeness (QED) is 0.720. The fraction of sp³-hybridized carbons (Fsp3) is 0.455. The van der Waals surface area contributed by atoms with Gasteiger partial charge in [0.05, 0.1) is 0 Å². The van der Waals surface area contributed by atoms with Crippen LogP contribution in [0.1, 0.15) is 12.0 Å². The van der Waals surface area contributed by atoms with Crippen LogP contribution in [0.2, 0.25) is 0 Å². The summed E-state index contributed by atoms with van der Waals surface area (Å²) in [6.45, 7) is 1.85. The summed E-state index contributed by atoms with van der Waals surface area (Å²) in [6, 6.07) is 3.87. The van der Waals surface area contributed by atoms with E-state index in [-0.39, 0.29) is 5.41 Å². The van der Waals surface area contributed by atoms with Crippen molar-refractivity contribution in [3.05, 3.63) is 35.4 Å². The lowest BCUT2D eigenvalue weighted by Gasteiger charge is -2.12. The molecule has 14 heavy (non-hydrogen) atoms. The third-order valence-corrected chi connectivity index (χ3v) is 3.50. The zero-order valence-corrected chi connectivity index (χ0v) is 7.69. The topological polar surface area (TPSA) is 12.0 Å². The highest BCUT2D eigenvalue weighted by Crippen LogP contribution is 2.56. The van der Waals surface area contributed by atoms with Gasteiger partial charge in [0.2, 0.25) is 0 Å². The number of halogens is 2. The van der Waals surface area contributed by atoms with Crippen LogP contribution in [0, 0.1) is 17.6 Å². The number of piperidine rings is 1. The number of nitrogens with one attached hydrogen (secondary N) is 1. The first kappa shape index (κ1) is 8.36. The van der Waals surface area contributed by atoms with Gasteiger partial charge in [-0.15, -0.1) is 0 Å². The molecule has 0 aromatic heterocycles. The molecule has 0 amide bonds. The van der Waals surface area contributed by atoms with Crippen molar-refractivity contribution < 1.29 is 8.78 Å². The van der Waals surface area contributed by atoms with Crippen molar-refractivity contribution in [2.75, 3.05) is 13.1 Å². The fourth-order valence-electron chi connectivity index (χ4n) is 2.63. The minimum atomic E-state index is -0.466. The predicted molar refractivity (Wildman–Crippen MR) is 49.0 cm³/mol. The Morgan fingerprint density at radius 2 is 1.93 bits per heavy atom. The molecule has 3 heteroatoms. The molecule has 1 N–H and O–H groups in total. The Bertz CT molecular complexity index is 371. The lowest BCUT2D eigenvalue weighted by atomic mass is 9.95. The van der Waals surface area contributed by atoms with E-state index in [1.165, 1.54) is 12.1 Å². The highest BCUT2D eigenvalue weighted by molar-refractivity contribution is 5.37. The highest BCUT2D eigenvalue weighted by atomic mass is 19.1. The second-order valence-electron chi connectivity index (χ2n) is 4.35. The predicted octanol–water partition coefficient (Wildman–Crippen LogP) is 1.83. The molecule has 0 bridgehead atoms. The average Bonchev–Trinajstić information content (AvgIpc) is 2.69. The van der Waals surface area contributed by atoms with Crippen LogP contribution in [-0.2, 0) is 5.41 Å². The van der Waals surface area contributed by atoms with Gasteiger partial charge in [0.1, 0.15) is 11.6 Å². The Labute approximate surface area is 81.1 Å². The molecule has 1 aromatic carbocycles. The van der Waals surface area contributed by atoms with Gasteiger partial charge in [-0.05, 0) is 36.6 Å². The molecule has 1 saturated carbocycles. The lowest BCUT2D eigenvalue weighted by Crippen LogP contribution is -2.19. The molecule has 1 aliphatic carbocycles. The molecule has 3 rings (SSSR count). The zero-order chi connectivity index (χ0) is 9.76. The molecule has 0 unspecified atom stereocenters. The first-order valence-corrected chi connectivity index (χ1v) is 4.88. The summed E-state index contributed by atoms with van der Waals surface area (Å²) in [7, 11) is 0. The smallest absolute Gasteiger partial charge is 0.126 e. The van der Waals surface area contributed by atoms with Gasteiger partial charge in [0.15, 0.2) is 0 Å². The number of hydrogen-bond donors (Lipinski definition) is 1. The molecule has 1 aromatic rings. The van der Waals surface area contributed by atoms with Gasteiger partial charge in [-0.2, -0.15) is 0 Å². The van der Waals surface area contributed by atoms with Crippen LogP contribution in [0.3, 0.4) is 0 Å². The van der Waals surface area contributed by atoms with Crippen molar-refractivity contribution in [3.8, 4) is 0 Å². The van der Waals surface area contributed by atoms with E-state index in [4.69, 9.17) is 0 Å². The Morgan fingerprint density at radius 1 is 1.21 bits per heavy atom. The van der Waals surface area contributed by atoms with E-state index in [1.807, 2.05) is 0 Å². The van der Waals surface area contributed by atoms with Crippen molar-refractivity contribution >= 4 is 0 Å². The van der Waals surface area contributed by atoms with Crippen molar-refractivity contribution in [2.45, 2.75) is 11.8 Å². The first-order valence-electron chi connectivity index (χ1n) is 4.88. The zero-order valence-electron chi connectivity index (χ0n) is 7.69. The molecule has 2 atom stereocenters. The SMILES string of the molecule is Fc1cc(F)cc([C@@]23CNC[C@@H]2C3)c1. The van der Waals surface area contributed by atoms with E-state index >= 15 is 0 Å². The molecule has 74 valence electrons. The highest BCUT2D eigenvalue weighted by Gasteiger charge is 2.58. The molecule has 1 nitrogen and oxygen atoms in total. The standard InChI is InChI=1S/C11H11F2N/c12-9-1-7(2-10(13)3-9)11-4-8(11)5-14-6-11/h1-3,8,14H,4-6H2/t8-,11+/m0/s1. The van der Waals surface area contributed by atoms with E-state index < -0.39 is 11.6 Å². The summed E-state index contributed by atoms with van der Waals surface area (Å²) in [5.74, 6) is -0.345. The minimum absolute atomic E-state index is 0.0446. The van der Waals surface area contributed by atoms with E-state index in [0.717, 1.165) is 31.1 Å². The Hall–Kier alpha value is -0.960. The fourth-order valence-corrected chi connectivity index (χ4v) is 2.63. The maximum Gasteiger partial charge on any atom is 0.126 e. The van der Waals surface area contributed by atoms with Crippen molar-refractivity contribution in [3.63, 3.8) is 0 Å². The van der Waals surface area contributed by atoms with E-state index in [2.05, 4.69) is 5.32 Å². The monoisotopic (exact) mass is 195 g/mol. The molecular formula is C11H11F2N. The number of fused-ring (bicyclic) bond motifs is 1. The molecule has 0 spiro atoms. The van der Waals surface area contributed by atoms with Gasteiger partial charge >= 0.3 is 0 Å². The Kier molecular flexibility index (Phi) is 1.52. The van der Waals surface area contributed by atoms with Gasteiger partial charge in [0.25, 0.3) is 0 Å². The van der Waals surface area contributed by atoms with Crippen molar-refractivity contribution in [1.29, 1.82) is 0 Å². The summed E-state index contributed by atoms with van der Waals surface area (Å²) < 4.78 is 26.0. The number of benzene rings is 1. The number of rotatable bonds is 1. The third-order valence-electron chi connectivity index (χ3n) is 3.50. The Balaban J connectivity index is 2.04. The van der Waals surface area contributed by atoms with E-state index in [1.54, 1.807) is 0 Å². The van der Waals surface area contributed by atoms with Crippen LogP contribution in [0.4, 0.5) is 8.78 Å². The Morgan fingerprint density at radius 3 is 2.43 bits per heavy atom. The second kappa shape index (κ2) is 2.54. The largest absolute Gasteiger partial charge is 0.316 e. The molecule has 0 radical (unpaired) electrons. The maximum absolute atomic E-state index is 13.0. The van der Waals surface area contributed by atoms with Crippen LogP contribution in [-0.4, -0.2) is 13.1 Å². The van der Waals surface area contributed by atoms with Gasteiger partial charge in [0, 0.05) is 18.0 Å². The molecule has 2 fully saturated rings. The number of hydrogen-bond acceptors (Lipinski definition) is 1. The maximum atomic E-state index is 13.0. The van der Waals surface area contributed by atoms with Gasteiger partial charge in [-0.3, -0.25) is 0 Å². The van der Waals surface area contributed by atoms with Gasteiger partial charge in [-0.25, -0.2) is 8.78 Å². The molecule has 1 heterocycles. The summed E-state index contributed by atoms with van der Waals surface area (Å²) in [4.78, 5) is 0. The molecule has 2 aliphatic rings. The van der Waals surface area contributed by atoms with Crippen LogP contribution in [0.25, 0.3) is 0 Å². The minimum Gasteiger partial charge on any atom is -0.316 e. The van der Waals surface area contributed by atoms with Crippen LogP contribution < -0.4 is 5.32 Å². The summed E-state index contributed by atoms with van der Waals surface area (Å²) in [5.41, 5.74) is 0.869. The first-order chi connectivity index (χ1) is 6.71. The molecule has 1 saturated heterocycles. The molecule has 1 aliphatic heterocycles. The van der Waals surface area contributed by atoms with Gasteiger partial charge in [-0.1, -0.05) is 0 Å². The van der Waals surface area contributed by atoms with Crippen molar-refractivity contribution in [1.82, 2.24) is 5.32 Å². The van der Waals surface area contributed by atoms with Gasteiger partial charge < -0.3 is 5.32 Å². The summed E-state index contributed by atoms with van der Waals surface area (Å²) in [6.07, 6.45) is 1.07. The van der Waals surface area contributed by atoms with Crippen molar-refractivity contribution in [2.24, 2.45) is 5.92 Å². The van der Waals surface area contributed by atoms with E-state index in [9.17, 15) is 8.78 Å². The van der Waals surface area contributed by atoms with Crippen LogP contribution in [0.15, 0.2) is 18.2 Å². The summed E-state index contributed by atoms with van der Waals surface area (Å²) in [5, 5.41) is 3.26. The van der Waals surface area contributed by atoms with Crippen LogP contribution >= 0.6 is 0 Å². The molecular weight excluding hydrogens is 184 g/mol. The second-order valence-corrected chi connectivity index (χ2v) is 4.35. The average molecular weight is 195 g/mol. The van der Waals surface area contributed by atoms with Crippen LogP contribution in [0.5, 0.6) is 0 Å².